The summed E-state index contributed by atoms with van der Waals surface area (Å²) in [6.45, 7) is 13.7. The summed E-state index contributed by atoms with van der Waals surface area (Å²) in [5, 5.41) is 39.9. The molecule has 6 heteroatoms. The van der Waals surface area contributed by atoms with Gasteiger partial charge in [-0.2, -0.15) is 0 Å². The van der Waals surface area contributed by atoms with Crippen molar-refractivity contribution in [1.82, 2.24) is 0 Å². The van der Waals surface area contributed by atoms with Gasteiger partial charge in [0.15, 0.2) is 23.4 Å². The van der Waals surface area contributed by atoms with Crippen LogP contribution in [0.5, 0.6) is 0 Å². The lowest BCUT2D eigenvalue weighted by atomic mass is 10.6. The molecule has 0 fully saturated rings. The van der Waals surface area contributed by atoms with Crippen molar-refractivity contribution in [2.75, 3.05) is 0 Å². The van der Waals surface area contributed by atoms with Crippen molar-refractivity contribution < 1.29 is 32.8 Å². The lowest BCUT2D eigenvalue weighted by Gasteiger charge is -2.37. The molecule has 0 saturated heterocycles. The van der Waals surface area contributed by atoms with Crippen molar-refractivity contribution in [3.05, 3.63) is 50.6 Å². The van der Waals surface area contributed by atoms with E-state index in [2.05, 4.69) is 26.3 Å². The molecular formula is C12H20ClO4P. The Kier molecular flexibility index (Phi) is 9.48. The van der Waals surface area contributed by atoms with Gasteiger partial charge in [0.05, 0.1) is 0 Å². The molecule has 4 atom stereocenters. The number of aliphatic hydroxyl groups is 4. The van der Waals surface area contributed by atoms with E-state index >= 15 is 0 Å². The summed E-state index contributed by atoms with van der Waals surface area (Å²) >= 11 is 0. The van der Waals surface area contributed by atoms with Crippen LogP contribution in [0, 0.1) is 0 Å². The van der Waals surface area contributed by atoms with Crippen LogP contribution in [0.15, 0.2) is 50.6 Å². The van der Waals surface area contributed by atoms with Gasteiger partial charge in [0.25, 0.3) is 0 Å². The maximum absolute atomic E-state index is 9.98. The maximum Gasteiger partial charge on any atom is 0.191 e. The molecule has 18 heavy (non-hydrogen) atoms. The third-order valence-electron chi connectivity index (χ3n) is 2.68. The molecule has 0 radical (unpaired) electrons. The zero-order valence-corrected chi connectivity index (χ0v) is 11.7. The van der Waals surface area contributed by atoms with Gasteiger partial charge in [-0.1, -0.05) is 26.3 Å². The summed E-state index contributed by atoms with van der Waals surface area (Å²) < 4.78 is 0. The van der Waals surface area contributed by atoms with E-state index in [0.717, 1.165) is 0 Å². The van der Waals surface area contributed by atoms with Crippen molar-refractivity contribution in [2.45, 2.75) is 23.4 Å². The Bertz CT molecular complexity index is 247. The van der Waals surface area contributed by atoms with Crippen LogP contribution in [0.4, 0.5) is 0 Å². The molecule has 0 saturated carbocycles. The minimum absolute atomic E-state index is 0. The molecule has 0 aromatic carbocycles. The SMILES string of the molecule is C=CC(O)[P+](C(O)C=C)(C(O)C=C)C(O)C=C.[Cl-]. The Balaban J connectivity index is 0. The summed E-state index contributed by atoms with van der Waals surface area (Å²) in [5.74, 6) is -5.01. The highest BCUT2D eigenvalue weighted by Gasteiger charge is 2.59. The molecule has 4 unspecified atom stereocenters. The molecule has 0 aliphatic carbocycles. The number of halogens is 1. The van der Waals surface area contributed by atoms with Gasteiger partial charge < -0.3 is 32.8 Å². The number of hydrogen-bond donors (Lipinski definition) is 4. The average Bonchev–Trinajstić information content (AvgIpc) is 2.37. The molecule has 0 amide bonds. The molecular weight excluding hydrogens is 275 g/mol. The zero-order valence-electron chi connectivity index (χ0n) is 10.1. The van der Waals surface area contributed by atoms with Gasteiger partial charge >= 0.3 is 0 Å². The van der Waals surface area contributed by atoms with Crippen LogP contribution in [0.2, 0.25) is 0 Å². The minimum atomic E-state index is -3.11. The van der Waals surface area contributed by atoms with Crippen LogP contribution in [-0.4, -0.2) is 43.8 Å². The molecule has 0 rings (SSSR count). The van der Waals surface area contributed by atoms with Crippen molar-refractivity contribution >= 4 is 7.26 Å². The first kappa shape index (κ1) is 19.9. The molecule has 4 nitrogen and oxygen atoms in total. The van der Waals surface area contributed by atoms with Crippen LogP contribution in [-0.2, 0) is 0 Å². The number of rotatable bonds is 8. The Morgan fingerprint density at radius 3 is 0.889 bits per heavy atom. The molecule has 0 aromatic heterocycles. The molecule has 0 spiro atoms. The Morgan fingerprint density at radius 2 is 0.778 bits per heavy atom. The summed E-state index contributed by atoms with van der Waals surface area (Å²) in [5.41, 5.74) is 0. The van der Waals surface area contributed by atoms with Crippen molar-refractivity contribution in [3.63, 3.8) is 0 Å². The molecule has 0 heterocycles. The zero-order chi connectivity index (χ0) is 13.6. The average molecular weight is 295 g/mol. The number of aliphatic hydroxyl groups excluding tert-OH is 4. The lowest BCUT2D eigenvalue weighted by molar-refractivity contribution is -0.00000902. The largest absolute Gasteiger partial charge is 1.00 e. The van der Waals surface area contributed by atoms with E-state index in [4.69, 9.17) is 0 Å². The van der Waals surface area contributed by atoms with Gasteiger partial charge in [0.2, 0.25) is 0 Å². The van der Waals surface area contributed by atoms with Gasteiger partial charge in [-0.25, -0.2) is 0 Å². The van der Waals surface area contributed by atoms with Crippen molar-refractivity contribution in [2.24, 2.45) is 0 Å². The van der Waals surface area contributed by atoms with Crippen LogP contribution in [0.3, 0.4) is 0 Å². The second-order valence-electron chi connectivity index (χ2n) is 3.49. The first-order valence-electron chi connectivity index (χ1n) is 5.03. The van der Waals surface area contributed by atoms with Gasteiger partial charge in [-0.05, 0) is 24.3 Å². The van der Waals surface area contributed by atoms with Crippen LogP contribution in [0.1, 0.15) is 0 Å². The van der Waals surface area contributed by atoms with E-state index < -0.39 is 30.6 Å². The molecule has 0 aliphatic heterocycles. The summed E-state index contributed by atoms with van der Waals surface area (Å²) in [7, 11) is -3.11. The van der Waals surface area contributed by atoms with Gasteiger partial charge in [-0.15, -0.1) is 0 Å². The monoisotopic (exact) mass is 294 g/mol. The van der Waals surface area contributed by atoms with E-state index in [-0.39, 0.29) is 12.4 Å². The second-order valence-corrected chi connectivity index (χ2v) is 7.40. The second kappa shape index (κ2) is 8.59. The fraction of sp³-hybridized carbons (Fsp3) is 0.333. The molecule has 4 N–H and O–H groups in total. The third kappa shape index (κ3) is 3.29. The van der Waals surface area contributed by atoms with Gasteiger partial charge in [0.1, 0.15) is 7.26 Å². The predicted molar refractivity (Wildman–Crippen MR) is 71.7 cm³/mol. The Hall–Kier alpha value is -0.480. The third-order valence-corrected chi connectivity index (χ3v) is 7.18. The minimum Gasteiger partial charge on any atom is -1.00 e. The Morgan fingerprint density at radius 1 is 0.611 bits per heavy atom. The van der Waals surface area contributed by atoms with Crippen LogP contribution < -0.4 is 12.4 Å². The van der Waals surface area contributed by atoms with Gasteiger partial charge in [0, 0.05) is 0 Å². The van der Waals surface area contributed by atoms with E-state index in [1.54, 1.807) is 0 Å². The first-order valence-corrected chi connectivity index (χ1v) is 7.10. The van der Waals surface area contributed by atoms with Crippen LogP contribution in [0.25, 0.3) is 0 Å². The van der Waals surface area contributed by atoms with Crippen molar-refractivity contribution in [1.29, 1.82) is 0 Å². The van der Waals surface area contributed by atoms with E-state index in [0.29, 0.717) is 0 Å². The van der Waals surface area contributed by atoms with Crippen molar-refractivity contribution in [3.8, 4) is 0 Å². The smallest absolute Gasteiger partial charge is 0.191 e. The molecule has 104 valence electrons. The topological polar surface area (TPSA) is 80.9 Å². The normalized spacial score (nSPS) is 20.2. The highest BCUT2D eigenvalue weighted by molar-refractivity contribution is 7.78. The van der Waals surface area contributed by atoms with E-state index in [1.807, 2.05) is 0 Å². The first-order chi connectivity index (χ1) is 7.93. The Labute approximate surface area is 114 Å². The predicted octanol–water partition coefficient (Wildman–Crippen LogP) is -1.97. The van der Waals surface area contributed by atoms with E-state index in [1.165, 1.54) is 24.3 Å². The standard InChI is InChI=1S/C12H20O4P.ClH/c1-5-9(13)17(10(14)6-2,11(15)7-3)12(16)8-4;/h5-16H,1-4H2;1H/q+1;/p-1. The van der Waals surface area contributed by atoms with Gasteiger partial charge in [-0.3, -0.25) is 0 Å². The number of hydrogen-bond acceptors (Lipinski definition) is 4. The molecule has 0 aliphatic rings. The summed E-state index contributed by atoms with van der Waals surface area (Å²) in [6.07, 6.45) is 4.67. The summed E-state index contributed by atoms with van der Waals surface area (Å²) in [4.78, 5) is 0. The fourth-order valence-corrected chi connectivity index (χ4v) is 5.01. The summed E-state index contributed by atoms with van der Waals surface area (Å²) in [6, 6.07) is 0. The highest BCUT2D eigenvalue weighted by Crippen LogP contribution is 2.72. The molecule has 0 bridgehead atoms. The lowest BCUT2D eigenvalue weighted by Crippen LogP contribution is -3.00. The van der Waals surface area contributed by atoms with Crippen LogP contribution >= 0.6 is 7.26 Å². The van der Waals surface area contributed by atoms with E-state index in [9.17, 15) is 20.4 Å². The maximum atomic E-state index is 9.98. The highest BCUT2D eigenvalue weighted by atomic mass is 35.5. The fourth-order valence-electron chi connectivity index (χ4n) is 1.67. The molecule has 0 aromatic rings. The quantitative estimate of drug-likeness (QED) is 0.309.